The Morgan fingerprint density at radius 3 is 2.64 bits per heavy atom. The molecule has 0 aliphatic heterocycles. The molecular weight excluding hydrogens is 478 g/mol. The fraction of sp³-hybridized carbons (Fsp3) is 0.115. The molecule has 0 bridgehead atoms. The van der Waals surface area contributed by atoms with Gasteiger partial charge in [-0.2, -0.15) is 0 Å². The second kappa shape index (κ2) is 9.67. The van der Waals surface area contributed by atoms with Crippen molar-refractivity contribution < 1.29 is 14.3 Å². The first-order valence-corrected chi connectivity index (χ1v) is 11.9. The third-order valence-electron chi connectivity index (χ3n) is 5.48. The predicted octanol–water partition coefficient (Wildman–Crippen LogP) is 4.05. The third kappa shape index (κ3) is 4.58. The first-order valence-electron chi connectivity index (χ1n) is 11.0. The van der Waals surface area contributed by atoms with Gasteiger partial charge in [-0.1, -0.05) is 42.1 Å². The molecule has 0 unspecified atom stereocenters. The zero-order chi connectivity index (χ0) is 25.2. The maximum atomic E-state index is 13.4. The summed E-state index contributed by atoms with van der Waals surface area (Å²) in [5, 5.41) is 7.71. The molecule has 0 aliphatic carbocycles. The number of rotatable bonds is 7. The molecule has 2 heterocycles. The number of carbonyl (C=O) groups excluding carboxylic acids is 2. The standard InChI is InChI=1S/C26H21N5O4S/c1-16(32)17-7-5-8-18(13-17)27-23(33)15-30-26(34)31-22-12-4-3-11-21(22)28-25(24(31)29-30)36-20-10-6-9-19(14-20)35-2/h3-14H,15H2,1-2H3,(H,27,33). The maximum Gasteiger partial charge on any atom is 0.351 e. The van der Waals surface area contributed by atoms with Crippen LogP contribution in [-0.4, -0.2) is 38.0 Å². The molecule has 5 aromatic rings. The van der Waals surface area contributed by atoms with E-state index >= 15 is 0 Å². The van der Waals surface area contributed by atoms with Crippen molar-refractivity contribution in [3.8, 4) is 5.75 Å². The molecule has 0 fully saturated rings. The lowest BCUT2D eigenvalue weighted by molar-refractivity contribution is -0.117. The molecule has 0 atom stereocenters. The lowest BCUT2D eigenvalue weighted by atomic mass is 10.1. The Kier molecular flexibility index (Phi) is 6.26. The Balaban J connectivity index is 1.53. The number of carbonyl (C=O) groups is 2. The Labute approximate surface area is 209 Å². The van der Waals surface area contributed by atoms with Crippen molar-refractivity contribution in [3.63, 3.8) is 0 Å². The van der Waals surface area contributed by atoms with E-state index in [0.29, 0.717) is 38.7 Å². The Bertz CT molecular complexity index is 1690. The minimum Gasteiger partial charge on any atom is -0.497 e. The van der Waals surface area contributed by atoms with Crippen molar-refractivity contribution in [2.45, 2.75) is 23.4 Å². The molecule has 1 amide bonds. The van der Waals surface area contributed by atoms with Crippen molar-refractivity contribution in [1.29, 1.82) is 0 Å². The van der Waals surface area contributed by atoms with Gasteiger partial charge >= 0.3 is 5.69 Å². The van der Waals surface area contributed by atoms with E-state index in [4.69, 9.17) is 9.72 Å². The zero-order valence-electron chi connectivity index (χ0n) is 19.5. The van der Waals surface area contributed by atoms with E-state index in [1.54, 1.807) is 37.4 Å². The quantitative estimate of drug-likeness (QED) is 0.337. The lowest BCUT2D eigenvalue weighted by Gasteiger charge is -2.07. The van der Waals surface area contributed by atoms with Gasteiger partial charge in [0.15, 0.2) is 11.4 Å². The van der Waals surface area contributed by atoms with Gasteiger partial charge in [0.05, 0.1) is 18.1 Å². The molecule has 9 nitrogen and oxygen atoms in total. The third-order valence-corrected chi connectivity index (χ3v) is 6.43. The molecule has 0 saturated heterocycles. The topological polar surface area (TPSA) is 108 Å². The number of hydrogen-bond acceptors (Lipinski definition) is 7. The van der Waals surface area contributed by atoms with Gasteiger partial charge in [0.1, 0.15) is 17.3 Å². The molecule has 10 heteroatoms. The van der Waals surface area contributed by atoms with Gasteiger partial charge < -0.3 is 10.1 Å². The maximum absolute atomic E-state index is 13.4. The Morgan fingerprint density at radius 2 is 1.83 bits per heavy atom. The first kappa shape index (κ1) is 23.3. The van der Waals surface area contributed by atoms with Crippen LogP contribution >= 0.6 is 11.8 Å². The van der Waals surface area contributed by atoms with E-state index in [-0.39, 0.29) is 12.3 Å². The fourth-order valence-corrected chi connectivity index (χ4v) is 4.68. The number of methoxy groups -OCH3 is 1. The summed E-state index contributed by atoms with van der Waals surface area (Å²) in [6, 6.07) is 21.4. The van der Waals surface area contributed by atoms with Crippen molar-refractivity contribution >= 4 is 45.8 Å². The molecule has 36 heavy (non-hydrogen) atoms. The van der Waals surface area contributed by atoms with Crippen LogP contribution in [0.1, 0.15) is 17.3 Å². The van der Waals surface area contributed by atoms with Crippen LogP contribution in [0, 0.1) is 0 Å². The van der Waals surface area contributed by atoms with Crippen molar-refractivity contribution in [2.24, 2.45) is 0 Å². The molecular formula is C26H21N5O4S. The fourth-order valence-electron chi connectivity index (χ4n) is 3.77. The van der Waals surface area contributed by atoms with Gasteiger partial charge in [0.25, 0.3) is 0 Å². The van der Waals surface area contributed by atoms with Gasteiger partial charge in [0.2, 0.25) is 5.91 Å². The van der Waals surface area contributed by atoms with Crippen molar-refractivity contribution in [1.82, 2.24) is 19.2 Å². The molecule has 1 N–H and O–H groups in total. The largest absolute Gasteiger partial charge is 0.497 e. The number of amides is 1. The monoisotopic (exact) mass is 499 g/mol. The smallest absolute Gasteiger partial charge is 0.351 e. The molecule has 0 aliphatic rings. The van der Waals surface area contributed by atoms with Gasteiger partial charge in [-0.3, -0.25) is 9.59 Å². The highest BCUT2D eigenvalue weighted by Gasteiger charge is 2.19. The second-order valence-electron chi connectivity index (χ2n) is 7.97. The number of aromatic nitrogens is 4. The molecule has 2 aromatic heterocycles. The number of nitrogens with one attached hydrogen (secondary N) is 1. The number of ketones is 1. The van der Waals surface area contributed by atoms with Gasteiger partial charge in [-0.25, -0.2) is 18.9 Å². The number of benzene rings is 3. The SMILES string of the molecule is COc1cccc(Sc2nc3ccccc3n3c(=O)n(CC(=O)Nc4cccc(C(C)=O)c4)nc23)c1. The van der Waals surface area contributed by atoms with Crippen LogP contribution < -0.4 is 15.7 Å². The number of para-hydroxylation sites is 2. The number of fused-ring (bicyclic) bond motifs is 3. The highest BCUT2D eigenvalue weighted by atomic mass is 32.2. The average Bonchev–Trinajstić information content (AvgIpc) is 3.20. The summed E-state index contributed by atoms with van der Waals surface area (Å²) in [7, 11) is 1.60. The van der Waals surface area contributed by atoms with E-state index in [1.165, 1.54) is 23.1 Å². The van der Waals surface area contributed by atoms with Crippen LogP contribution in [0.15, 0.2) is 87.5 Å². The summed E-state index contributed by atoms with van der Waals surface area (Å²) in [6.07, 6.45) is 0. The number of nitrogens with zero attached hydrogens (tertiary/aromatic N) is 4. The first-order chi connectivity index (χ1) is 17.4. The number of Topliss-reactive ketones (excluding diaryl/α,β-unsaturated/α-hetero) is 1. The highest BCUT2D eigenvalue weighted by Crippen LogP contribution is 2.32. The van der Waals surface area contributed by atoms with Crippen LogP contribution in [0.5, 0.6) is 5.75 Å². The molecule has 0 saturated carbocycles. The van der Waals surface area contributed by atoms with E-state index in [0.717, 1.165) is 9.58 Å². The minimum atomic E-state index is -0.455. The zero-order valence-corrected chi connectivity index (χ0v) is 20.3. The second-order valence-corrected chi connectivity index (χ2v) is 9.03. The summed E-state index contributed by atoms with van der Waals surface area (Å²) in [5.41, 5.74) is 2.05. The number of anilines is 1. The normalized spacial score (nSPS) is 11.1. The van der Waals surface area contributed by atoms with E-state index in [9.17, 15) is 14.4 Å². The Morgan fingerprint density at radius 1 is 1.03 bits per heavy atom. The van der Waals surface area contributed by atoms with Crippen LogP contribution in [0.3, 0.4) is 0 Å². The van der Waals surface area contributed by atoms with Crippen LogP contribution in [0.4, 0.5) is 5.69 Å². The van der Waals surface area contributed by atoms with Crippen LogP contribution in [-0.2, 0) is 11.3 Å². The highest BCUT2D eigenvalue weighted by molar-refractivity contribution is 7.99. The summed E-state index contributed by atoms with van der Waals surface area (Å²) in [5.74, 6) is 0.147. The van der Waals surface area contributed by atoms with Gasteiger partial charge in [-0.15, -0.1) is 5.10 Å². The summed E-state index contributed by atoms with van der Waals surface area (Å²) in [4.78, 5) is 43.4. The molecule has 180 valence electrons. The summed E-state index contributed by atoms with van der Waals surface area (Å²) in [6.45, 7) is 1.15. The molecule has 3 aromatic carbocycles. The minimum absolute atomic E-state index is 0.108. The van der Waals surface area contributed by atoms with Crippen LogP contribution in [0.25, 0.3) is 16.7 Å². The number of ether oxygens (including phenoxy) is 1. The Hall–Kier alpha value is -4.44. The summed E-state index contributed by atoms with van der Waals surface area (Å²) < 4.78 is 7.90. The predicted molar refractivity (Wildman–Crippen MR) is 137 cm³/mol. The number of hydrogen-bond donors (Lipinski definition) is 1. The van der Waals surface area contributed by atoms with Crippen LogP contribution in [0.2, 0.25) is 0 Å². The average molecular weight is 500 g/mol. The van der Waals surface area contributed by atoms with E-state index in [2.05, 4.69) is 10.4 Å². The molecule has 0 spiro atoms. The van der Waals surface area contributed by atoms with E-state index < -0.39 is 11.6 Å². The van der Waals surface area contributed by atoms with Crippen molar-refractivity contribution in [3.05, 3.63) is 88.8 Å². The van der Waals surface area contributed by atoms with Crippen molar-refractivity contribution in [2.75, 3.05) is 12.4 Å². The van der Waals surface area contributed by atoms with Gasteiger partial charge in [0, 0.05) is 16.1 Å². The molecule has 5 rings (SSSR count). The molecule has 0 radical (unpaired) electrons. The summed E-state index contributed by atoms with van der Waals surface area (Å²) >= 11 is 1.35. The van der Waals surface area contributed by atoms with E-state index in [1.807, 2.05) is 42.5 Å². The van der Waals surface area contributed by atoms with Gasteiger partial charge in [-0.05, 0) is 49.4 Å². The lowest BCUT2D eigenvalue weighted by Crippen LogP contribution is -2.28.